The van der Waals surface area contributed by atoms with Gasteiger partial charge in [-0.25, -0.2) is 9.13 Å². The molecule has 1 aliphatic rings. The Morgan fingerprint density at radius 1 is 1.35 bits per heavy atom. The van der Waals surface area contributed by atoms with E-state index >= 15 is 0 Å². The molecule has 4 aromatic rings. The number of hydrogen-bond acceptors (Lipinski definition) is 2. The van der Waals surface area contributed by atoms with Gasteiger partial charge in [-0.1, -0.05) is 0 Å². The summed E-state index contributed by atoms with van der Waals surface area (Å²) in [6, 6.07) is 3.76. The molecule has 5 heterocycles. The van der Waals surface area contributed by atoms with Crippen molar-refractivity contribution in [2.75, 3.05) is 0 Å². The number of hydrogen-bond donors (Lipinski definition) is 0. The van der Waals surface area contributed by atoms with Crippen molar-refractivity contribution >= 4 is 16.6 Å². The molecule has 0 aliphatic carbocycles. The van der Waals surface area contributed by atoms with Crippen LogP contribution in [0.5, 0.6) is 0 Å². The molecule has 4 aromatic heterocycles. The fraction of sp³-hybridized carbons (Fsp3) is 0.133. The molecule has 5 nitrogen and oxygen atoms in total. The minimum atomic E-state index is -2.28. The van der Waals surface area contributed by atoms with Crippen molar-refractivity contribution in [1.29, 1.82) is 0 Å². The monoisotopic (exact) mass is 265 g/mol. The van der Waals surface area contributed by atoms with Gasteiger partial charge in [-0.15, -0.1) is 0 Å². The zero-order valence-electron chi connectivity index (χ0n) is 13.5. The highest BCUT2D eigenvalue weighted by atomic mass is 15.2. The predicted molar refractivity (Wildman–Crippen MR) is 74.2 cm³/mol. The Morgan fingerprint density at radius 2 is 2.35 bits per heavy atom. The topological polar surface area (TPSA) is 39.0 Å². The lowest BCUT2D eigenvalue weighted by molar-refractivity contribution is -0.633. The van der Waals surface area contributed by atoms with Gasteiger partial charge in [0.2, 0.25) is 5.52 Å². The third-order valence-electron chi connectivity index (χ3n) is 3.96. The Kier molecular flexibility index (Phi) is 1.27. The Morgan fingerprint density at radius 3 is 3.30 bits per heavy atom. The lowest BCUT2D eigenvalue weighted by Crippen LogP contribution is -2.29. The van der Waals surface area contributed by atoms with Crippen LogP contribution in [0.15, 0.2) is 43.1 Å². The fourth-order valence-electron chi connectivity index (χ4n) is 3.10. The molecule has 96 valence electrons. The van der Waals surface area contributed by atoms with E-state index in [1.54, 1.807) is 18.6 Å². The van der Waals surface area contributed by atoms with E-state index in [1.165, 1.54) is 4.57 Å². The van der Waals surface area contributed by atoms with Crippen LogP contribution in [-0.4, -0.2) is 18.9 Å². The van der Waals surface area contributed by atoms with E-state index < -0.39 is 6.98 Å². The lowest BCUT2D eigenvalue weighted by Gasteiger charge is -1.95. The fourth-order valence-corrected chi connectivity index (χ4v) is 3.10. The van der Waals surface area contributed by atoms with Gasteiger partial charge >= 0.3 is 0 Å². The van der Waals surface area contributed by atoms with Gasteiger partial charge in [0.25, 0.3) is 5.82 Å². The average molecular weight is 265 g/mol. The van der Waals surface area contributed by atoms with Gasteiger partial charge in [0.15, 0.2) is 5.52 Å². The van der Waals surface area contributed by atoms with Gasteiger partial charge in [-0.2, -0.15) is 0 Å². The van der Waals surface area contributed by atoms with Crippen LogP contribution in [0.3, 0.4) is 0 Å². The van der Waals surface area contributed by atoms with Gasteiger partial charge in [0.1, 0.15) is 12.1 Å². The Balaban J connectivity index is 2.01. The molecular formula is C15H12N5+. The summed E-state index contributed by atoms with van der Waals surface area (Å²) in [5.74, 6) is 0.685. The van der Waals surface area contributed by atoms with Crippen LogP contribution in [0.2, 0.25) is 0 Å². The molecule has 1 aliphatic heterocycles. The first-order valence-corrected chi connectivity index (χ1v) is 6.39. The van der Waals surface area contributed by atoms with Crippen molar-refractivity contribution in [3.05, 3.63) is 48.8 Å². The number of pyridine rings is 1. The number of aryl methyl sites for hydroxylation is 1. The molecule has 20 heavy (non-hydrogen) atoms. The Labute approximate surface area is 119 Å². The summed E-state index contributed by atoms with van der Waals surface area (Å²) in [6.07, 6.45) is 8.90. The summed E-state index contributed by atoms with van der Waals surface area (Å²) >= 11 is 0. The summed E-state index contributed by atoms with van der Waals surface area (Å²) in [7, 11) is 0. The van der Waals surface area contributed by atoms with Crippen molar-refractivity contribution in [2.24, 2.45) is 6.98 Å². The highest BCUT2D eigenvalue weighted by molar-refractivity contribution is 5.91. The van der Waals surface area contributed by atoms with Crippen molar-refractivity contribution in [3.63, 3.8) is 0 Å². The average Bonchev–Trinajstić information content (AvgIpc) is 3.13. The highest BCUT2D eigenvalue weighted by Crippen LogP contribution is 2.33. The van der Waals surface area contributed by atoms with Crippen molar-refractivity contribution in [2.45, 2.75) is 6.54 Å². The maximum absolute atomic E-state index is 8.03. The van der Waals surface area contributed by atoms with Crippen LogP contribution >= 0.6 is 0 Å². The largest absolute Gasteiger partial charge is 0.313 e. The molecule has 0 radical (unpaired) electrons. The Bertz CT molecular complexity index is 1090. The standard InChI is InChI=1S/C15H12N5/c1-18-14-12-7-16-5-6-19(12)9-13(14)20-8-11-10(15(18)20)3-2-4-17-11/h2-7,9H,8H2,1H3/q+1/i1D3. The maximum Gasteiger partial charge on any atom is 0.292 e. The van der Waals surface area contributed by atoms with E-state index in [1.807, 2.05) is 33.5 Å². The number of fused-ring (bicyclic) bond motifs is 7. The minimum Gasteiger partial charge on any atom is -0.313 e. The first kappa shape index (κ1) is 7.79. The molecule has 0 atom stereocenters. The van der Waals surface area contributed by atoms with E-state index in [9.17, 15) is 0 Å². The van der Waals surface area contributed by atoms with E-state index in [0.29, 0.717) is 17.9 Å². The quantitative estimate of drug-likeness (QED) is 0.398. The van der Waals surface area contributed by atoms with Gasteiger partial charge in [-0.3, -0.25) is 9.97 Å². The maximum atomic E-state index is 8.03. The molecule has 0 aromatic carbocycles. The van der Waals surface area contributed by atoms with Gasteiger partial charge in [0, 0.05) is 18.6 Å². The molecule has 0 amide bonds. The van der Waals surface area contributed by atoms with Crippen LogP contribution in [0, 0.1) is 0 Å². The summed E-state index contributed by atoms with van der Waals surface area (Å²) in [6.45, 7) is -1.70. The molecule has 0 spiro atoms. The number of imidazole rings is 1. The third-order valence-corrected chi connectivity index (χ3v) is 3.96. The molecule has 0 fully saturated rings. The zero-order valence-corrected chi connectivity index (χ0v) is 10.5. The summed E-state index contributed by atoms with van der Waals surface area (Å²) in [5, 5.41) is 0. The molecule has 5 rings (SSSR count). The van der Waals surface area contributed by atoms with Gasteiger partial charge in [-0.05, 0) is 12.1 Å². The normalized spacial score (nSPS) is 15.9. The van der Waals surface area contributed by atoms with E-state index in [-0.39, 0.29) is 0 Å². The second kappa shape index (κ2) is 3.25. The van der Waals surface area contributed by atoms with Crippen molar-refractivity contribution < 1.29 is 8.68 Å². The predicted octanol–water partition coefficient (Wildman–Crippen LogP) is 1.54. The molecule has 0 saturated heterocycles. The number of nitrogens with zero attached hydrogens (tertiary/aromatic N) is 5. The SMILES string of the molecule is [2H]C([2H])([2H])[n+]1c2n(c3cn4ccncc4c31)Cc1ncccc1-2. The van der Waals surface area contributed by atoms with E-state index in [0.717, 1.165) is 22.3 Å². The van der Waals surface area contributed by atoms with Crippen LogP contribution in [0.4, 0.5) is 0 Å². The van der Waals surface area contributed by atoms with E-state index in [4.69, 9.17) is 4.11 Å². The van der Waals surface area contributed by atoms with Crippen LogP contribution in [0.1, 0.15) is 9.81 Å². The molecule has 5 heteroatoms. The second-order valence-electron chi connectivity index (χ2n) is 4.97. The lowest BCUT2D eigenvalue weighted by atomic mass is 10.2. The third kappa shape index (κ3) is 1.02. The first-order chi connectivity index (χ1) is 11.1. The smallest absolute Gasteiger partial charge is 0.292 e. The Hall–Kier alpha value is -2.69. The molecule has 0 unspecified atom stereocenters. The first-order valence-electron chi connectivity index (χ1n) is 7.89. The van der Waals surface area contributed by atoms with E-state index in [2.05, 4.69) is 9.97 Å². The summed E-state index contributed by atoms with van der Waals surface area (Å²) < 4.78 is 29.4. The molecule has 0 saturated carbocycles. The zero-order chi connectivity index (χ0) is 15.8. The number of rotatable bonds is 0. The summed E-state index contributed by atoms with van der Waals surface area (Å²) in [5.41, 5.74) is 4.12. The van der Waals surface area contributed by atoms with Crippen molar-refractivity contribution in [1.82, 2.24) is 18.9 Å². The van der Waals surface area contributed by atoms with Gasteiger partial charge < -0.3 is 4.40 Å². The van der Waals surface area contributed by atoms with Crippen molar-refractivity contribution in [3.8, 4) is 11.4 Å². The second-order valence-corrected chi connectivity index (χ2v) is 4.97. The van der Waals surface area contributed by atoms with Gasteiger partial charge in [0.05, 0.1) is 34.7 Å². The van der Waals surface area contributed by atoms with Crippen LogP contribution in [0.25, 0.3) is 27.9 Å². The highest BCUT2D eigenvalue weighted by Gasteiger charge is 2.34. The van der Waals surface area contributed by atoms with Crippen LogP contribution < -0.4 is 4.57 Å². The number of aromatic nitrogens is 5. The minimum absolute atomic E-state index is 0.579. The molecule has 0 N–H and O–H groups in total. The molecular weight excluding hydrogens is 250 g/mol. The molecule has 0 bridgehead atoms. The van der Waals surface area contributed by atoms with Crippen LogP contribution in [-0.2, 0) is 13.5 Å². The summed E-state index contributed by atoms with van der Waals surface area (Å²) in [4.78, 5) is 8.54.